The van der Waals surface area contributed by atoms with Crippen LogP contribution in [0.3, 0.4) is 0 Å². The molecule has 1 unspecified atom stereocenters. The van der Waals surface area contributed by atoms with E-state index in [1.807, 2.05) is 0 Å². The van der Waals surface area contributed by atoms with Crippen molar-refractivity contribution >= 4 is 11.8 Å². The number of Topliss-reactive ketones (excluding diaryl/α,β-unsaturated/α-hetero) is 1. The van der Waals surface area contributed by atoms with E-state index in [4.69, 9.17) is 0 Å². The number of ether oxygens (including phenoxy) is 1. The summed E-state index contributed by atoms with van der Waals surface area (Å²) in [6.45, 7) is 4.02. The highest BCUT2D eigenvalue weighted by Crippen LogP contribution is 2.13. The molecule has 0 fully saturated rings. The molecule has 3 nitrogen and oxygen atoms in total. The van der Waals surface area contributed by atoms with Crippen LogP contribution in [0, 0.1) is 5.92 Å². The summed E-state index contributed by atoms with van der Waals surface area (Å²) in [4.78, 5) is 22.8. The number of methoxy groups -OCH3 is 1. The molecule has 0 bridgehead atoms. The molecular formula is C15H28O3. The zero-order valence-electron chi connectivity index (χ0n) is 12.2. The van der Waals surface area contributed by atoms with Gasteiger partial charge in [0.2, 0.25) is 0 Å². The molecule has 0 rings (SSSR count). The summed E-state index contributed by atoms with van der Waals surface area (Å²) >= 11 is 0. The molecule has 0 aromatic heterocycles. The fourth-order valence-electron chi connectivity index (χ4n) is 1.95. The largest absolute Gasteiger partial charge is 0.469 e. The van der Waals surface area contributed by atoms with Crippen LogP contribution in [0.1, 0.15) is 71.6 Å². The Hall–Kier alpha value is -0.860. The molecule has 0 aliphatic heterocycles. The highest BCUT2D eigenvalue weighted by atomic mass is 16.5. The highest BCUT2D eigenvalue weighted by molar-refractivity contribution is 5.84. The third-order valence-electron chi connectivity index (χ3n) is 3.28. The SMILES string of the molecule is CCCCCCCCCC(=O)C(C)CC(=O)OC. The molecule has 106 valence electrons. The molecule has 18 heavy (non-hydrogen) atoms. The van der Waals surface area contributed by atoms with Gasteiger partial charge >= 0.3 is 5.97 Å². The quantitative estimate of drug-likeness (QED) is 0.416. The molecule has 0 aromatic carbocycles. The van der Waals surface area contributed by atoms with Gasteiger partial charge in [-0.05, 0) is 6.42 Å². The minimum atomic E-state index is -0.296. The van der Waals surface area contributed by atoms with E-state index in [9.17, 15) is 9.59 Å². The highest BCUT2D eigenvalue weighted by Gasteiger charge is 2.16. The van der Waals surface area contributed by atoms with Crippen LogP contribution in [-0.2, 0) is 14.3 Å². The molecular weight excluding hydrogens is 228 g/mol. The van der Waals surface area contributed by atoms with Crippen LogP contribution in [-0.4, -0.2) is 18.9 Å². The molecule has 3 heteroatoms. The molecule has 1 atom stereocenters. The Morgan fingerprint density at radius 1 is 1.00 bits per heavy atom. The summed E-state index contributed by atoms with van der Waals surface area (Å²) in [5, 5.41) is 0. The number of unbranched alkanes of at least 4 members (excludes halogenated alkanes) is 6. The summed E-state index contributed by atoms with van der Waals surface area (Å²) in [5.74, 6) is -0.304. The van der Waals surface area contributed by atoms with Crippen LogP contribution in [0.15, 0.2) is 0 Å². The van der Waals surface area contributed by atoms with Crippen LogP contribution in [0.5, 0.6) is 0 Å². The maximum absolute atomic E-state index is 11.7. The predicted octanol–water partition coefficient (Wildman–Crippen LogP) is 3.90. The lowest BCUT2D eigenvalue weighted by atomic mass is 9.97. The van der Waals surface area contributed by atoms with Crippen molar-refractivity contribution in [2.45, 2.75) is 71.6 Å². The number of rotatable bonds is 11. The van der Waals surface area contributed by atoms with Gasteiger partial charge in [-0.15, -0.1) is 0 Å². The minimum Gasteiger partial charge on any atom is -0.469 e. The monoisotopic (exact) mass is 256 g/mol. The van der Waals surface area contributed by atoms with Crippen LogP contribution < -0.4 is 0 Å². The molecule has 0 saturated heterocycles. The Morgan fingerprint density at radius 2 is 1.56 bits per heavy atom. The van der Waals surface area contributed by atoms with Crippen LogP contribution >= 0.6 is 0 Å². The average molecular weight is 256 g/mol. The normalized spacial score (nSPS) is 12.2. The fraction of sp³-hybridized carbons (Fsp3) is 0.867. The van der Waals surface area contributed by atoms with Crippen molar-refractivity contribution < 1.29 is 14.3 Å². The van der Waals surface area contributed by atoms with Crippen molar-refractivity contribution in [1.82, 2.24) is 0 Å². The van der Waals surface area contributed by atoms with Gasteiger partial charge in [0.15, 0.2) is 0 Å². The van der Waals surface area contributed by atoms with Gasteiger partial charge < -0.3 is 4.74 Å². The Morgan fingerprint density at radius 3 is 2.11 bits per heavy atom. The molecule has 0 aromatic rings. The lowest BCUT2D eigenvalue weighted by Gasteiger charge is -2.08. The lowest BCUT2D eigenvalue weighted by Crippen LogP contribution is -2.16. The third-order valence-corrected chi connectivity index (χ3v) is 3.28. The summed E-state index contributed by atoms with van der Waals surface area (Å²) in [6.07, 6.45) is 9.29. The van der Waals surface area contributed by atoms with E-state index >= 15 is 0 Å². The Balaban J connectivity index is 3.49. The van der Waals surface area contributed by atoms with Crippen molar-refractivity contribution in [1.29, 1.82) is 0 Å². The number of carbonyl (C=O) groups excluding carboxylic acids is 2. The molecule has 0 heterocycles. The first-order valence-electron chi connectivity index (χ1n) is 7.21. The number of hydrogen-bond donors (Lipinski definition) is 0. The Kier molecular flexibility index (Phi) is 10.7. The second-order valence-corrected chi connectivity index (χ2v) is 5.02. The molecule has 0 spiro atoms. The number of ketones is 1. The number of hydrogen-bond acceptors (Lipinski definition) is 3. The van der Waals surface area contributed by atoms with Gasteiger partial charge in [0, 0.05) is 12.3 Å². The maximum atomic E-state index is 11.7. The average Bonchev–Trinajstić information content (AvgIpc) is 2.37. The second-order valence-electron chi connectivity index (χ2n) is 5.02. The van der Waals surface area contributed by atoms with Gasteiger partial charge in [-0.2, -0.15) is 0 Å². The fourth-order valence-corrected chi connectivity index (χ4v) is 1.95. The van der Waals surface area contributed by atoms with Crippen LogP contribution in [0.25, 0.3) is 0 Å². The summed E-state index contributed by atoms with van der Waals surface area (Å²) < 4.78 is 4.56. The first-order chi connectivity index (χ1) is 8.61. The molecule has 0 aliphatic carbocycles. The standard InChI is InChI=1S/C15H28O3/c1-4-5-6-7-8-9-10-11-14(16)13(2)12-15(17)18-3/h13H,4-12H2,1-3H3. The first-order valence-corrected chi connectivity index (χ1v) is 7.21. The zero-order valence-corrected chi connectivity index (χ0v) is 12.2. The van der Waals surface area contributed by atoms with E-state index in [0.717, 1.165) is 12.8 Å². The van der Waals surface area contributed by atoms with Crippen LogP contribution in [0.4, 0.5) is 0 Å². The van der Waals surface area contributed by atoms with E-state index in [0.29, 0.717) is 6.42 Å². The molecule has 0 N–H and O–H groups in total. The van der Waals surface area contributed by atoms with Crippen molar-refractivity contribution in [3.05, 3.63) is 0 Å². The van der Waals surface area contributed by atoms with E-state index in [1.54, 1.807) is 6.92 Å². The second kappa shape index (κ2) is 11.2. The first kappa shape index (κ1) is 17.1. The Labute approximate surface area is 111 Å². The van der Waals surface area contributed by atoms with Gasteiger partial charge in [-0.3, -0.25) is 9.59 Å². The van der Waals surface area contributed by atoms with Gasteiger partial charge in [0.1, 0.15) is 5.78 Å². The molecule has 0 amide bonds. The van der Waals surface area contributed by atoms with Gasteiger partial charge in [-0.1, -0.05) is 52.4 Å². The molecule has 0 aliphatic rings. The van der Waals surface area contributed by atoms with Gasteiger partial charge in [0.25, 0.3) is 0 Å². The van der Waals surface area contributed by atoms with E-state index in [-0.39, 0.29) is 24.1 Å². The molecule has 0 radical (unpaired) electrons. The summed E-state index contributed by atoms with van der Waals surface area (Å²) in [7, 11) is 1.36. The maximum Gasteiger partial charge on any atom is 0.306 e. The predicted molar refractivity (Wildman–Crippen MR) is 73.4 cm³/mol. The van der Waals surface area contributed by atoms with E-state index in [1.165, 1.54) is 39.2 Å². The van der Waals surface area contributed by atoms with Gasteiger partial charge in [0.05, 0.1) is 13.5 Å². The third kappa shape index (κ3) is 9.20. The van der Waals surface area contributed by atoms with Gasteiger partial charge in [-0.25, -0.2) is 0 Å². The van der Waals surface area contributed by atoms with E-state index in [2.05, 4.69) is 11.7 Å². The van der Waals surface area contributed by atoms with Crippen LogP contribution in [0.2, 0.25) is 0 Å². The molecule has 0 saturated carbocycles. The summed E-state index contributed by atoms with van der Waals surface area (Å²) in [6, 6.07) is 0. The minimum absolute atomic E-state index is 0.189. The summed E-state index contributed by atoms with van der Waals surface area (Å²) in [5.41, 5.74) is 0. The smallest absolute Gasteiger partial charge is 0.306 e. The zero-order chi connectivity index (χ0) is 13.8. The van der Waals surface area contributed by atoms with Crippen molar-refractivity contribution in [3.63, 3.8) is 0 Å². The lowest BCUT2D eigenvalue weighted by molar-refractivity contribution is -0.143. The van der Waals surface area contributed by atoms with E-state index < -0.39 is 0 Å². The van der Waals surface area contributed by atoms with Crippen molar-refractivity contribution in [2.24, 2.45) is 5.92 Å². The van der Waals surface area contributed by atoms with Crippen molar-refractivity contribution in [2.75, 3.05) is 7.11 Å². The Bertz CT molecular complexity index is 236. The number of carbonyl (C=O) groups is 2. The topological polar surface area (TPSA) is 43.4 Å². The van der Waals surface area contributed by atoms with Crippen molar-refractivity contribution in [3.8, 4) is 0 Å². The number of esters is 1.